The van der Waals surface area contributed by atoms with Crippen molar-refractivity contribution >= 4 is 6.03 Å². The fraction of sp³-hybridized carbons (Fsp3) is 0.588. The lowest BCUT2D eigenvalue weighted by molar-refractivity contribution is -0.00874. The average molecular weight is 321 g/mol. The van der Waals surface area contributed by atoms with Crippen LogP contribution in [0.2, 0.25) is 0 Å². The van der Waals surface area contributed by atoms with E-state index >= 15 is 0 Å². The number of rotatable bonds is 6. The predicted octanol–water partition coefficient (Wildman–Crippen LogP) is 1.61. The van der Waals surface area contributed by atoms with E-state index < -0.39 is 0 Å². The Morgan fingerprint density at radius 2 is 1.96 bits per heavy atom. The van der Waals surface area contributed by atoms with Gasteiger partial charge in [0.25, 0.3) is 0 Å². The summed E-state index contributed by atoms with van der Waals surface area (Å²) in [7, 11) is 1.63. The van der Waals surface area contributed by atoms with E-state index in [0.29, 0.717) is 13.1 Å². The highest BCUT2D eigenvalue weighted by Gasteiger charge is 2.28. The van der Waals surface area contributed by atoms with E-state index in [1.807, 2.05) is 24.3 Å². The molecule has 1 saturated heterocycles. The Morgan fingerprint density at radius 1 is 1.26 bits per heavy atom. The Balaban J connectivity index is 1.78. The van der Waals surface area contributed by atoms with Crippen LogP contribution in [-0.2, 0) is 11.3 Å². The molecule has 0 radical (unpaired) electrons. The summed E-state index contributed by atoms with van der Waals surface area (Å²) in [4.78, 5) is 14.4. The molecule has 128 valence electrons. The maximum absolute atomic E-state index is 12.0. The van der Waals surface area contributed by atoms with Crippen LogP contribution in [0.4, 0.5) is 4.79 Å². The molecule has 1 fully saturated rings. The maximum Gasteiger partial charge on any atom is 0.315 e. The molecule has 0 aliphatic carbocycles. The lowest BCUT2D eigenvalue weighted by atomic mass is 10.0. The first-order valence-corrected chi connectivity index (χ1v) is 7.99. The molecule has 2 N–H and O–H groups in total. The van der Waals surface area contributed by atoms with Crippen LogP contribution in [0.1, 0.15) is 19.4 Å². The van der Waals surface area contributed by atoms with Gasteiger partial charge in [-0.3, -0.25) is 4.90 Å². The van der Waals surface area contributed by atoms with Gasteiger partial charge in [-0.05, 0) is 19.9 Å². The van der Waals surface area contributed by atoms with Gasteiger partial charge in [0.2, 0.25) is 0 Å². The SMILES string of the molecule is COc1ccccc1CNC(=O)NCC(C)(C)N1CCOCC1. The second-order valence-corrected chi connectivity index (χ2v) is 6.26. The summed E-state index contributed by atoms with van der Waals surface area (Å²) < 4.78 is 10.7. The highest BCUT2D eigenvalue weighted by Crippen LogP contribution is 2.17. The van der Waals surface area contributed by atoms with Crippen molar-refractivity contribution in [3.05, 3.63) is 29.8 Å². The highest BCUT2D eigenvalue weighted by atomic mass is 16.5. The van der Waals surface area contributed by atoms with E-state index in [4.69, 9.17) is 9.47 Å². The standard InChI is InChI=1S/C17H27N3O3/c1-17(2,20-8-10-23-11-9-20)13-19-16(21)18-12-14-6-4-5-7-15(14)22-3/h4-7H,8-13H2,1-3H3,(H2,18,19,21). The molecule has 1 heterocycles. The summed E-state index contributed by atoms with van der Waals surface area (Å²) in [6, 6.07) is 7.50. The van der Waals surface area contributed by atoms with Crippen LogP contribution in [0.3, 0.4) is 0 Å². The van der Waals surface area contributed by atoms with Crippen molar-refractivity contribution in [3.8, 4) is 5.75 Å². The van der Waals surface area contributed by atoms with Crippen molar-refractivity contribution < 1.29 is 14.3 Å². The number of nitrogens with one attached hydrogen (secondary N) is 2. The van der Waals surface area contributed by atoms with Gasteiger partial charge in [0.1, 0.15) is 5.75 Å². The number of hydrogen-bond donors (Lipinski definition) is 2. The third kappa shape index (κ3) is 5.11. The van der Waals surface area contributed by atoms with Crippen molar-refractivity contribution in [2.24, 2.45) is 0 Å². The van der Waals surface area contributed by atoms with Gasteiger partial charge >= 0.3 is 6.03 Å². The Labute approximate surface area is 138 Å². The van der Waals surface area contributed by atoms with Gasteiger partial charge in [-0.2, -0.15) is 0 Å². The number of amides is 2. The molecule has 6 heteroatoms. The Morgan fingerprint density at radius 3 is 2.65 bits per heavy atom. The fourth-order valence-electron chi connectivity index (χ4n) is 2.66. The first-order chi connectivity index (χ1) is 11.0. The number of carbonyl (C=O) groups excluding carboxylic acids is 1. The minimum Gasteiger partial charge on any atom is -0.496 e. The van der Waals surface area contributed by atoms with Gasteiger partial charge in [-0.25, -0.2) is 4.79 Å². The van der Waals surface area contributed by atoms with Crippen molar-refractivity contribution in [2.45, 2.75) is 25.9 Å². The molecule has 1 aromatic rings. The van der Waals surface area contributed by atoms with E-state index in [1.54, 1.807) is 7.11 Å². The summed E-state index contributed by atoms with van der Waals surface area (Å²) in [6.45, 7) is 8.61. The van der Waals surface area contributed by atoms with E-state index in [1.165, 1.54) is 0 Å². The number of urea groups is 1. The number of para-hydroxylation sites is 1. The quantitative estimate of drug-likeness (QED) is 0.835. The van der Waals surface area contributed by atoms with Crippen molar-refractivity contribution in [2.75, 3.05) is 40.0 Å². The lowest BCUT2D eigenvalue weighted by Crippen LogP contribution is -2.56. The van der Waals surface area contributed by atoms with E-state index in [0.717, 1.165) is 37.6 Å². The number of methoxy groups -OCH3 is 1. The number of benzene rings is 1. The fourth-order valence-corrected chi connectivity index (χ4v) is 2.66. The largest absolute Gasteiger partial charge is 0.496 e. The Kier molecular flexibility index (Phi) is 6.24. The van der Waals surface area contributed by atoms with Gasteiger partial charge in [-0.15, -0.1) is 0 Å². The first kappa shape index (κ1) is 17.6. The third-order valence-electron chi connectivity index (χ3n) is 4.18. The molecule has 0 aromatic heterocycles. The number of morpholine rings is 1. The number of carbonyl (C=O) groups is 1. The Bertz CT molecular complexity index is 514. The molecule has 1 aliphatic heterocycles. The van der Waals surface area contributed by atoms with Gasteiger partial charge < -0.3 is 20.1 Å². The zero-order valence-corrected chi connectivity index (χ0v) is 14.2. The average Bonchev–Trinajstić information content (AvgIpc) is 2.59. The second-order valence-electron chi connectivity index (χ2n) is 6.26. The van der Waals surface area contributed by atoms with Crippen molar-refractivity contribution in [1.29, 1.82) is 0 Å². The van der Waals surface area contributed by atoms with Crippen molar-refractivity contribution in [3.63, 3.8) is 0 Å². The third-order valence-corrected chi connectivity index (χ3v) is 4.18. The van der Waals surface area contributed by atoms with Crippen LogP contribution in [0.15, 0.2) is 24.3 Å². The number of nitrogens with zero attached hydrogens (tertiary/aromatic N) is 1. The lowest BCUT2D eigenvalue weighted by Gasteiger charge is -2.40. The molecule has 0 spiro atoms. The monoisotopic (exact) mass is 321 g/mol. The van der Waals surface area contributed by atoms with Gasteiger partial charge in [0, 0.05) is 37.3 Å². The molecule has 0 unspecified atom stereocenters. The molecule has 1 aromatic carbocycles. The number of ether oxygens (including phenoxy) is 2. The second kappa shape index (κ2) is 8.17. The summed E-state index contributed by atoms with van der Waals surface area (Å²) in [5.74, 6) is 0.779. The summed E-state index contributed by atoms with van der Waals surface area (Å²) in [6.07, 6.45) is 0. The van der Waals surface area contributed by atoms with E-state index in [9.17, 15) is 4.79 Å². The number of hydrogen-bond acceptors (Lipinski definition) is 4. The minimum absolute atomic E-state index is 0.0917. The highest BCUT2D eigenvalue weighted by molar-refractivity contribution is 5.74. The first-order valence-electron chi connectivity index (χ1n) is 7.99. The van der Waals surface area contributed by atoms with E-state index in [-0.39, 0.29) is 11.6 Å². The molecule has 2 rings (SSSR count). The zero-order chi connectivity index (χ0) is 16.7. The summed E-state index contributed by atoms with van der Waals surface area (Å²) in [5, 5.41) is 5.83. The molecular weight excluding hydrogens is 294 g/mol. The Hall–Kier alpha value is -1.79. The van der Waals surface area contributed by atoms with Crippen LogP contribution in [-0.4, -0.2) is 56.4 Å². The molecule has 0 atom stereocenters. The molecule has 0 bridgehead atoms. The van der Waals surface area contributed by atoms with Crippen LogP contribution < -0.4 is 15.4 Å². The van der Waals surface area contributed by atoms with Crippen LogP contribution in [0.25, 0.3) is 0 Å². The normalized spacial score (nSPS) is 16.0. The van der Waals surface area contributed by atoms with Gasteiger partial charge in [0.05, 0.1) is 20.3 Å². The molecular formula is C17H27N3O3. The minimum atomic E-state index is -0.169. The maximum atomic E-state index is 12.0. The molecule has 0 saturated carbocycles. The molecule has 2 amide bonds. The molecule has 6 nitrogen and oxygen atoms in total. The van der Waals surface area contributed by atoms with Crippen molar-refractivity contribution in [1.82, 2.24) is 15.5 Å². The molecule has 1 aliphatic rings. The van der Waals surface area contributed by atoms with Crippen LogP contribution >= 0.6 is 0 Å². The van der Waals surface area contributed by atoms with Gasteiger partial charge in [0.15, 0.2) is 0 Å². The van der Waals surface area contributed by atoms with Gasteiger partial charge in [-0.1, -0.05) is 18.2 Å². The van der Waals surface area contributed by atoms with Crippen LogP contribution in [0, 0.1) is 0 Å². The summed E-state index contributed by atoms with van der Waals surface area (Å²) >= 11 is 0. The van der Waals surface area contributed by atoms with Crippen LogP contribution in [0.5, 0.6) is 5.75 Å². The summed E-state index contributed by atoms with van der Waals surface area (Å²) in [5.41, 5.74) is 0.864. The predicted molar refractivity (Wildman–Crippen MR) is 89.7 cm³/mol. The molecule has 23 heavy (non-hydrogen) atoms. The topological polar surface area (TPSA) is 62.8 Å². The smallest absolute Gasteiger partial charge is 0.315 e. The zero-order valence-electron chi connectivity index (χ0n) is 14.2. The van der Waals surface area contributed by atoms with E-state index in [2.05, 4.69) is 29.4 Å².